The molecule has 2 aromatic rings. The van der Waals surface area contributed by atoms with E-state index < -0.39 is 5.56 Å². The lowest BCUT2D eigenvalue weighted by Crippen LogP contribution is -2.25. The number of hydrogen-bond donors (Lipinski definition) is 1. The van der Waals surface area contributed by atoms with Crippen molar-refractivity contribution in [2.45, 2.75) is 46.6 Å². The van der Waals surface area contributed by atoms with Crippen molar-refractivity contribution in [1.29, 1.82) is 5.26 Å². The molecule has 0 radical (unpaired) electrons. The molecule has 0 saturated heterocycles. The molecular weight excluding hydrogens is 350 g/mol. The third kappa shape index (κ3) is 4.14. The summed E-state index contributed by atoms with van der Waals surface area (Å²) in [5, 5.41) is 20.5. The minimum absolute atomic E-state index is 0.0303. The first-order chi connectivity index (χ1) is 12.4. The van der Waals surface area contributed by atoms with E-state index in [0.29, 0.717) is 28.4 Å². The Bertz CT molecular complexity index is 940. The van der Waals surface area contributed by atoms with Gasteiger partial charge in [0.05, 0.1) is 11.3 Å². The van der Waals surface area contributed by atoms with Gasteiger partial charge >= 0.3 is 0 Å². The molecular formula is C20H22ClN3O2. The lowest BCUT2D eigenvalue weighted by Gasteiger charge is -2.13. The Hall–Kier alpha value is -2.58. The molecule has 0 saturated carbocycles. The van der Waals surface area contributed by atoms with E-state index in [-0.39, 0.29) is 11.4 Å². The molecule has 2 rings (SSSR count). The Kier molecular flexibility index (Phi) is 6.59. The third-order valence-corrected chi connectivity index (χ3v) is 4.74. The molecule has 0 spiro atoms. The van der Waals surface area contributed by atoms with Crippen LogP contribution in [0.25, 0.3) is 0 Å². The van der Waals surface area contributed by atoms with Gasteiger partial charge in [-0.3, -0.25) is 14.4 Å². The summed E-state index contributed by atoms with van der Waals surface area (Å²) in [6.45, 7) is 5.96. The highest BCUT2D eigenvalue weighted by Gasteiger charge is 2.17. The van der Waals surface area contributed by atoms with Gasteiger partial charge in [-0.25, -0.2) is 0 Å². The number of nitrogens with zero attached hydrogens (tertiary/aromatic N) is 3. The number of unbranched alkanes of at least 4 members (excludes halogenated alkanes) is 2. The number of pyridine rings is 1. The Morgan fingerprint density at radius 3 is 2.69 bits per heavy atom. The second kappa shape index (κ2) is 8.68. The van der Waals surface area contributed by atoms with Gasteiger partial charge in [-0.05, 0) is 43.5 Å². The van der Waals surface area contributed by atoms with Gasteiger partial charge < -0.3 is 5.11 Å². The minimum Gasteiger partial charge on any atom is -0.494 e. The van der Waals surface area contributed by atoms with E-state index in [2.05, 4.69) is 11.9 Å². The van der Waals surface area contributed by atoms with Crippen LogP contribution in [0.5, 0.6) is 5.88 Å². The van der Waals surface area contributed by atoms with Gasteiger partial charge in [0, 0.05) is 17.8 Å². The van der Waals surface area contributed by atoms with Crippen LogP contribution < -0.4 is 5.56 Å². The van der Waals surface area contributed by atoms with Crippen LogP contribution in [0.2, 0.25) is 5.02 Å². The van der Waals surface area contributed by atoms with Crippen LogP contribution in [0, 0.1) is 25.2 Å². The molecule has 1 aromatic heterocycles. The standard InChI is InChI=1S/C20H22ClN3O2/c1-4-5-6-9-24-19(25)16(11-22)14(3)17(20(24)26)12-23-15-8-7-13(2)18(21)10-15/h7-8,10,12,26H,4-6,9H2,1-3H3. The number of rotatable bonds is 6. The van der Waals surface area contributed by atoms with Crippen LogP contribution in [-0.2, 0) is 6.54 Å². The molecule has 0 aliphatic heterocycles. The number of aromatic hydroxyl groups is 1. The van der Waals surface area contributed by atoms with Gasteiger partial charge in [-0.2, -0.15) is 5.26 Å². The van der Waals surface area contributed by atoms with E-state index in [1.54, 1.807) is 13.0 Å². The topological polar surface area (TPSA) is 78.4 Å². The van der Waals surface area contributed by atoms with Crippen molar-refractivity contribution < 1.29 is 5.11 Å². The maximum absolute atomic E-state index is 12.5. The summed E-state index contributed by atoms with van der Waals surface area (Å²) in [6, 6.07) is 7.34. The van der Waals surface area contributed by atoms with Gasteiger partial charge in [0.25, 0.3) is 5.56 Å². The quantitative estimate of drug-likeness (QED) is 0.593. The van der Waals surface area contributed by atoms with Crippen LogP contribution in [0.3, 0.4) is 0 Å². The van der Waals surface area contributed by atoms with Crippen molar-refractivity contribution in [2.24, 2.45) is 4.99 Å². The average Bonchev–Trinajstić information content (AvgIpc) is 2.61. The molecule has 136 valence electrons. The van der Waals surface area contributed by atoms with Gasteiger partial charge in [0.2, 0.25) is 5.88 Å². The zero-order chi connectivity index (χ0) is 19.3. The number of nitriles is 1. The highest BCUT2D eigenvalue weighted by molar-refractivity contribution is 6.31. The first kappa shape index (κ1) is 19.7. The number of halogens is 1. The highest BCUT2D eigenvalue weighted by atomic mass is 35.5. The third-order valence-electron chi connectivity index (χ3n) is 4.33. The summed E-state index contributed by atoms with van der Waals surface area (Å²) in [5.74, 6) is -0.162. The largest absolute Gasteiger partial charge is 0.494 e. The van der Waals surface area contributed by atoms with Crippen molar-refractivity contribution >= 4 is 23.5 Å². The van der Waals surface area contributed by atoms with Crippen molar-refractivity contribution in [2.75, 3.05) is 0 Å². The smallest absolute Gasteiger partial charge is 0.271 e. The Morgan fingerprint density at radius 2 is 2.08 bits per heavy atom. The SMILES string of the molecule is CCCCCn1c(O)c(C=Nc2ccc(C)c(Cl)c2)c(C)c(C#N)c1=O. The molecule has 0 unspecified atom stereocenters. The summed E-state index contributed by atoms with van der Waals surface area (Å²) in [4.78, 5) is 16.8. The van der Waals surface area contributed by atoms with E-state index in [4.69, 9.17) is 11.6 Å². The minimum atomic E-state index is -0.464. The molecule has 1 aromatic carbocycles. The number of aliphatic imine (C=N–C) groups is 1. The lowest BCUT2D eigenvalue weighted by molar-refractivity contribution is 0.398. The zero-order valence-corrected chi connectivity index (χ0v) is 16.0. The second-order valence-corrected chi connectivity index (χ2v) is 6.61. The average molecular weight is 372 g/mol. The van der Waals surface area contributed by atoms with E-state index >= 15 is 0 Å². The van der Waals surface area contributed by atoms with Crippen LogP contribution in [0.4, 0.5) is 5.69 Å². The van der Waals surface area contributed by atoms with E-state index in [9.17, 15) is 15.2 Å². The summed E-state index contributed by atoms with van der Waals surface area (Å²) in [7, 11) is 0. The van der Waals surface area contributed by atoms with Gasteiger partial charge in [0.1, 0.15) is 11.6 Å². The van der Waals surface area contributed by atoms with E-state index in [0.717, 1.165) is 24.8 Å². The van der Waals surface area contributed by atoms with Crippen LogP contribution in [0.1, 0.15) is 48.4 Å². The van der Waals surface area contributed by atoms with Crippen molar-refractivity contribution in [3.8, 4) is 11.9 Å². The molecule has 0 fully saturated rings. The maximum atomic E-state index is 12.5. The van der Waals surface area contributed by atoms with Crippen LogP contribution >= 0.6 is 11.6 Å². The molecule has 0 aliphatic rings. The molecule has 0 amide bonds. The first-order valence-electron chi connectivity index (χ1n) is 8.57. The molecule has 26 heavy (non-hydrogen) atoms. The fourth-order valence-corrected chi connectivity index (χ4v) is 2.83. The maximum Gasteiger partial charge on any atom is 0.271 e. The molecule has 5 nitrogen and oxygen atoms in total. The van der Waals surface area contributed by atoms with Crippen molar-refractivity contribution in [3.05, 3.63) is 55.8 Å². The van der Waals surface area contributed by atoms with E-state index in [1.165, 1.54) is 10.8 Å². The number of aryl methyl sites for hydroxylation is 1. The fraction of sp³-hybridized carbons (Fsp3) is 0.350. The molecule has 0 atom stereocenters. The predicted molar refractivity (Wildman–Crippen MR) is 105 cm³/mol. The summed E-state index contributed by atoms with van der Waals surface area (Å²) >= 11 is 6.11. The summed E-state index contributed by atoms with van der Waals surface area (Å²) < 4.78 is 1.25. The van der Waals surface area contributed by atoms with E-state index in [1.807, 2.05) is 25.1 Å². The van der Waals surface area contributed by atoms with Gasteiger partial charge in [-0.1, -0.05) is 37.4 Å². The summed E-state index contributed by atoms with van der Waals surface area (Å²) in [5.41, 5.74) is 1.93. The molecule has 0 aliphatic carbocycles. The molecule has 0 bridgehead atoms. The predicted octanol–water partition coefficient (Wildman–Crippen LogP) is 4.64. The summed E-state index contributed by atoms with van der Waals surface area (Å²) in [6.07, 6.45) is 4.16. The number of hydrogen-bond acceptors (Lipinski definition) is 4. The Labute approximate surface area is 158 Å². The number of aromatic nitrogens is 1. The normalized spacial score (nSPS) is 11.0. The van der Waals surface area contributed by atoms with Crippen LogP contribution in [-0.4, -0.2) is 15.9 Å². The van der Waals surface area contributed by atoms with Gasteiger partial charge in [0.15, 0.2) is 0 Å². The lowest BCUT2D eigenvalue weighted by atomic mass is 10.1. The highest BCUT2D eigenvalue weighted by Crippen LogP contribution is 2.24. The Balaban J connectivity index is 2.51. The first-order valence-corrected chi connectivity index (χ1v) is 8.95. The Morgan fingerprint density at radius 1 is 1.35 bits per heavy atom. The monoisotopic (exact) mass is 371 g/mol. The fourth-order valence-electron chi connectivity index (χ4n) is 2.65. The number of benzene rings is 1. The van der Waals surface area contributed by atoms with Gasteiger partial charge in [-0.15, -0.1) is 0 Å². The van der Waals surface area contributed by atoms with Crippen LogP contribution in [0.15, 0.2) is 28.0 Å². The molecule has 1 N–H and O–H groups in total. The van der Waals surface area contributed by atoms with Crippen molar-refractivity contribution in [3.63, 3.8) is 0 Å². The molecule has 6 heteroatoms. The molecule has 1 heterocycles. The second-order valence-electron chi connectivity index (χ2n) is 6.20. The van der Waals surface area contributed by atoms with Crippen molar-refractivity contribution in [1.82, 2.24) is 4.57 Å². The zero-order valence-electron chi connectivity index (χ0n) is 15.2.